The van der Waals surface area contributed by atoms with Crippen LogP contribution in [0.15, 0.2) is 0 Å². The molecule has 4 heteroatoms. The first-order chi connectivity index (χ1) is 7.91. The lowest BCUT2D eigenvalue weighted by Gasteiger charge is -2.45. The molecule has 2 atom stereocenters. The molecular formula is C13H25NO3. The molecule has 2 bridgehead atoms. The van der Waals surface area contributed by atoms with E-state index in [4.69, 9.17) is 9.47 Å². The molecule has 0 radical (unpaired) electrons. The van der Waals surface area contributed by atoms with E-state index in [-0.39, 0.29) is 0 Å². The van der Waals surface area contributed by atoms with Gasteiger partial charge < -0.3 is 19.5 Å². The van der Waals surface area contributed by atoms with Crippen LogP contribution < -0.4 is 0 Å². The normalized spacial score (nSPS) is 38.6. The first-order valence-electron chi connectivity index (χ1n) is 6.46. The van der Waals surface area contributed by atoms with Gasteiger partial charge in [-0.2, -0.15) is 0 Å². The van der Waals surface area contributed by atoms with Crippen molar-refractivity contribution in [3.63, 3.8) is 0 Å². The van der Waals surface area contributed by atoms with Gasteiger partial charge in [-0.05, 0) is 39.7 Å². The van der Waals surface area contributed by atoms with Crippen LogP contribution in [0.5, 0.6) is 0 Å². The highest BCUT2D eigenvalue weighted by atomic mass is 16.7. The monoisotopic (exact) mass is 243 g/mol. The molecule has 1 N–H and O–H groups in total. The Morgan fingerprint density at radius 2 is 1.71 bits per heavy atom. The Labute approximate surface area is 104 Å². The number of hydrogen-bond acceptors (Lipinski definition) is 4. The highest BCUT2D eigenvalue weighted by Crippen LogP contribution is 2.43. The summed E-state index contributed by atoms with van der Waals surface area (Å²) in [5, 5.41) is 10.8. The van der Waals surface area contributed by atoms with Crippen LogP contribution in [-0.4, -0.2) is 54.7 Å². The zero-order chi connectivity index (χ0) is 12.7. The minimum Gasteiger partial charge on any atom is -0.390 e. The summed E-state index contributed by atoms with van der Waals surface area (Å²) in [6.45, 7) is 1.89. The van der Waals surface area contributed by atoms with Crippen LogP contribution in [0.3, 0.4) is 0 Å². The Balaban J connectivity index is 2.06. The molecule has 0 aromatic heterocycles. The first-order valence-corrected chi connectivity index (χ1v) is 6.46. The van der Waals surface area contributed by atoms with E-state index >= 15 is 0 Å². The number of nitrogens with zero attached hydrogens (tertiary/aromatic N) is 1. The number of rotatable bonds is 4. The maximum absolute atomic E-state index is 10.8. The van der Waals surface area contributed by atoms with E-state index in [2.05, 4.69) is 11.9 Å². The van der Waals surface area contributed by atoms with Gasteiger partial charge in [0, 0.05) is 32.7 Å². The van der Waals surface area contributed by atoms with E-state index in [0.29, 0.717) is 18.5 Å². The summed E-state index contributed by atoms with van der Waals surface area (Å²) in [5.74, 6) is -0.676. The van der Waals surface area contributed by atoms with Gasteiger partial charge in [-0.3, -0.25) is 0 Å². The molecule has 0 saturated carbocycles. The van der Waals surface area contributed by atoms with Crippen molar-refractivity contribution in [1.29, 1.82) is 0 Å². The Kier molecular flexibility index (Phi) is 3.51. The SMILES string of the molecule is COC(C)(CC1(O)CC2CCC(C1)N2C)OC. The third-order valence-electron chi connectivity index (χ3n) is 4.73. The van der Waals surface area contributed by atoms with Crippen LogP contribution in [0.2, 0.25) is 0 Å². The lowest BCUT2D eigenvalue weighted by Crippen LogP contribution is -2.52. The molecule has 0 amide bonds. The highest BCUT2D eigenvalue weighted by Gasteiger charge is 2.48. The van der Waals surface area contributed by atoms with Crippen molar-refractivity contribution in [2.45, 2.75) is 62.5 Å². The molecule has 17 heavy (non-hydrogen) atoms. The van der Waals surface area contributed by atoms with E-state index in [1.165, 1.54) is 12.8 Å². The largest absolute Gasteiger partial charge is 0.390 e. The van der Waals surface area contributed by atoms with Gasteiger partial charge in [0.2, 0.25) is 0 Å². The predicted octanol–water partition coefficient (Wildman–Crippen LogP) is 1.37. The standard InChI is InChI=1S/C13H25NO3/c1-12(16-3,17-4)9-13(15)7-10-5-6-11(8-13)14(10)2/h10-11,15H,5-9H2,1-4H3. The topological polar surface area (TPSA) is 41.9 Å². The van der Waals surface area contributed by atoms with E-state index in [9.17, 15) is 5.11 Å². The van der Waals surface area contributed by atoms with Crippen LogP contribution in [-0.2, 0) is 9.47 Å². The molecule has 2 aliphatic rings. The smallest absolute Gasteiger partial charge is 0.167 e. The van der Waals surface area contributed by atoms with Gasteiger partial charge in [-0.25, -0.2) is 0 Å². The number of ether oxygens (including phenoxy) is 2. The van der Waals surface area contributed by atoms with E-state index in [0.717, 1.165) is 12.8 Å². The Morgan fingerprint density at radius 1 is 1.24 bits per heavy atom. The number of methoxy groups -OCH3 is 2. The molecule has 2 heterocycles. The van der Waals surface area contributed by atoms with Crippen molar-refractivity contribution in [2.24, 2.45) is 0 Å². The summed E-state index contributed by atoms with van der Waals surface area (Å²) in [6, 6.07) is 1.05. The maximum Gasteiger partial charge on any atom is 0.167 e. The second-order valence-electron chi connectivity index (χ2n) is 5.90. The molecule has 0 aliphatic carbocycles. The molecule has 0 spiro atoms. The van der Waals surface area contributed by atoms with Gasteiger partial charge in [-0.1, -0.05) is 0 Å². The lowest BCUT2D eigenvalue weighted by atomic mass is 9.81. The number of hydrogen-bond donors (Lipinski definition) is 1. The average Bonchev–Trinajstić information content (AvgIpc) is 2.53. The van der Waals surface area contributed by atoms with Crippen LogP contribution >= 0.6 is 0 Å². The van der Waals surface area contributed by atoms with E-state index in [1.807, 2.05) is 6.92 Å². The van der Waals surface area contributed by atoms with Crippen molar-refractivity contribution >= 4 is 0 Å². The third kappa shape index (κ3) is 2.50. The third-order valence-corrected chi connectivity index (χ3v) is 4.73. The molecule has 2 fully saturated rings. The molecule has 0 aromatic carbocycles. The summed E-state index contributed by atoms with van der Waals surface area (Å²) >= 11 is 0. The fourth-order valence-corrected chi connectivity index (χ4v) is 3.51. The Hall–Kier alpha value is -0.160. The molecule has 2 aliphatic heterocycles. The predicted molar refractivity (Wildman–Crippen MR) is 65.8 cm³/mol. The minimum atomic E-state index is -0.676. The molecule has 2 rings (SSSR count). The van der Waals surface area contributed by atoms with E-state index < -0.39 is 11.4 Å². The minimum absolute atomic E-state index is 0.525. The quantitative estimate of drug-likeness (QED) is 0.757. The van der Waals surface area contributed by atoms with Crippen molar-refractivity contribution in [3.05, 3.63) is 0 Å². The van der Waals surface area contributed by atoms with Crippen LogP contribution in [0.4, 0.5) is 0 Å². The molecule has 2 unspecified atom stereocenters. The fourth-order valence-electron chi connectivity index (χ4n) is 3.51. The van der Waals surface area contributed by atoms with Crippen molar-refractivity contribution < 1.29 is 14.6 Å². The number of aliphatic hydroxyl groups is 1. The Bertz CT molecular complexity index is 264. The zero-order valence-corrected chi connectivity index (χ0v) is 11.4. The summed E-state index contributed by atoms with van der Waals surface area (Å²) in [7, 11) is 5.45. The highest BCUT2D eigenvalue weighted by molar-refractivity contribution is 5.02. The summed E-state index contributed by atoms with van der Waals surface area (Å²) in [5.41, 5.74) is -0.640. The fraction of sp³-hybridized carbons (Fsp3) is 1.00. The van der Waals surface area contributed by atoms with Gasteiger partial charge in [0.1, 0.15) is 0 Å². The molecule has 100 valence electrons. The van der Waals surface area contributed by atoms with Gasteiger partial charge >= 0.3 is 0 Å². The van der Waals surface area contributed by atoms with Crippen LogP contribution in [0.1, 0.15) is 39.0 Å². The van der Waals surface area contributed by atoms with Gasteiger partial charge in [0.05, 0.1) is 5.60 Å². The average molecular weight is 243 g/mol. The molecule has 4 nitrogen and oxygen atoms in total. The van der Waals surface area contributed by atoms with Gasteiger partial charge in [0.15, 0.2) is 5.79 Å². The van der Waals surface area contributed by atoms with Gasteiger partial charge in [-0.15, -0.1) is 0 Å². The second-order valence-corrected chi connectivity index (χ2v) is 5.90. The number of fused-ring (bicyclic) bond motifs is 2. The van der Waals surface area contributed by atoms with Gasteiger partial charge in [0.25, 0.3) is 0 Å². The Morgan fingerprint density at radius 3 is 2.12 bits per heavy atom. The van der Waals surface area contributed by atoms with Crippen molar-refractivity contribution in [3.8, 4) is 0 Å². The summed E-state index contributed by atoms with van der Waals surface area (Å²) < 4.78 is 10.8. The lowest BCUT2D eigenvalue weighted by molar-refractivity contribution is -0.230. The van der Waals surface area contributed by atoms with Crippen LogP contribution in [0, 0.1) is 0 Å². The first kappa shape index (κ1) is 13.3. The van der Waals surface area contributed by atoms with Crippen molar-refractivity contribution in [2.75, 3.05) is 21.3 Å². The maximum atomic E-state index is 10.8. The zero-order valence-electron chi connectivity index (χ0n) is 11.4. The second kappa shape index (κ2) is 4.50. The number of piperidine rings is 1. The van der Waals surface area contributed by atoms with Crippen molar-refractivity contribution in [1.82, 2.24) is 4.90 Å². The van der Waals surface area contributed by atoms with E-state index in [1.54, 1.807) is 14.2 Å². The molecule has 2 saturated heterocycles. The molecule has 0 aromatic rings. The van der Waals surface area contributed by atoms with Crippen LogP contribution in [0.25, 0.3) is 0 Å². The summed E-state index contributed by atoms with van der Waals surface area (Å²) in [4.78, 5) is 2.42. The molecular weight excluding hydrogens is 218 g/mol. The summed E-state index contributed by atoms with van der Waals surface area (Å²) in [6.07, 6.45) is 4.64.